The molecule has 0 bridgehead atoms. The highest BCUT2D eigenvalue weighted by Gasteiger charge is 2.13. The summed E-state index contributed by atoms with van der Waals surface area (Å²) in [5, 5.41) is 0. The van der Waals surface area contributed by atoms with Gasteiger partial charge in [0.15, 0.2) is 5.78 Å². The Balaban J connectivity index is 1.88. The average molecular weight is 328 g/mol. The van der Waals surface area contributed by atoms with Gasteiger partial charge in [-0.1, -0.05) is 61.2 Å². The van der Waals surface area contributed by atoms with Crippen LogP contribution in [0.2, 0.25) is 0 Å². The SMILES string of the molecule is C=Cc1ccc(Cc2ccccc2C(=O)c2ccc(OC)cc2)cc1. The van der Waals surface area contributed by atoms with Crippen LogP contribution in [0.1, 0.15) is 32.6 Å². The summed E-state index contributed by atoms with van der Waals surface area (Å²) in [4.78, 5) is 12.9. The summed E-state index contributed by atoms with van der Waals surface area (Å²) in [6.07, 6.45) is 2.54. The van der Waals surface area contributed by atoms with Gasteiger partial charge in [0, 0.05) is 11.1 Å². The zero-order valence-electron chi connectivity index (χ0n) is 14.2. The van der Waals surface area contributed by atoms with E-state index in [1.807, 2.05) is 54.6 Å². The maximum Gasteiger partial charge on any atom is 0.193 e. The van der Waals surface area contributed by atoms with Crippen molar-refractivity contribution in [1.82, 2.24) is 0 Å². The summed E-state index contributed by atoms with van der Waals surface area (Å²) in [5.41, 5.74) is 4.68. The molecule has 3 aromatic rings. The average Bonchev–Trinajstić information content (AvgIpc) is 2.68. The lowest BCUT2D eigenvalue weighted by Gasteiger charge is -2.10. The van der Waals surface area contributed by atoms with Crippen molar-refractivity contribution >= 4 is 11.9 Å². The number of ether oxygens (including phenoxy) is 1. The van der Waals surface area contributed by atoms with Crippen molar-refractivity contribution in [2.75, 3.05) is 7.11 Å². The monoisotopic (exact) mass is 328 g/mol. The van der Waals surface area contributed by atoms with Crippen molar-refractivity contribution in [2.45, 2.75) is 6.42 Å². The molecule has 0 aromatic heterocycles. The van der Waals surface area contributed by atoms with Gasteiger partial charge < -0.3 is 4.74 Å². The van der Waals surface area contributed by atoms with Gasteiger partial charge >= 0.3 is 0 Å². The van der Waals surface area contributed by atoms with Crippen LogP contribution < -0.4 is 4.74 Å². The van der Waals surface area contributed by atoms with Crippen molar-refractivity contribution in [3.05, 3.63) is 107 Å². The molecule has 0 N–H and O–H groups in total. The molecule has 2 heteroatoms. The number of hydrogen-bond acceptors (Lipinski definition) is 2. The topological polar surface area (TPSA) is 26.3 Å². The van der Waals surface area contributed by atoms with Crippen LogP contribution in [-0.4, -0.2) is 12.9 Å². The number of carbonyl (C=O) groups excluding carboxylic acids is 1. The standard InChI is InChI=1S/C23H20O2/c1-3-17-8-10-18(11-9-17)16-20-6-4-5-7-22(20)23(24)19-12-14-21(25-2)15-13-19/h3-15H,1,16H2,2H3. The third-order valence-corrected chi connectivity index (χ3v) is 4.22. The van der Waals surface area contributed by atoms with Gasteiger partial charge in [-0.3, -0.25) is 4.79 Å². The predicted octanol–water partition coefficient (Wildman–Crippen LogP) is 5.16. The lowest BCUT2D eigenvalue weighted by Crippen LogP contribution is -2.06. The Hall–Kier alpha value is -3.13. The summed E-state index contributed by atoms with van der Waals surface area (Å²) in [5.74, 6) is 0.771. The van der Waals surface area contributed by atoms with Crippen LogP contribution in [0.25, 0.3) is 6.08 Å². The molecule has 0 aliphatic heterocycles. The summed E-state index contributed by atoms with van der Waals surface area (Å²) in [6, 6.07) is 23.2. The highest BCUT2D eigenvalue weighted by atomic mass is 16.5. The van der Waals surface area contributed by atoms with E-state index < -0.39 is 0 Å². The van der Waals surface area contributed by atoms with Crippen LogP contribution in [0, 0.1) is 0 Å². The molecule has 0 amide bonds. The molecular formula is C23H20O2. The van der Waals surface area contributed by atoms with Crippen LogP contribution in [0.4, 0.5) is 0 Å². The third-order valence-electron chi connectivity index (χ3n) is 4.22. The molecule has 0 atom stereocenters. The molecule has 0 heterocycles. The first-order chi connectivity index (χ1) is 12.2. The molecule has 0 saturated heterocycles. The largest absolute Gasteiger partial charge is 0.497 e. The fraction of sp³-hybridized carbons (Fsp3) is 0.0870. The van der Waals surface area contributed by atoms with Crippen LogP contribution in [0.3, 0.4) is 0 Å². The molecule has 0 saturated carbocycles. The van der Waals surface area contributed by atoms with Crippen molar-refractivity contribution in [2.24, 2.45) is 0 Å². The maximum atomic E-state index is 12.9. The van der Waals surface area contributed by atoms with Crippen LogP contribution >= 0.6 is 0 Å². The van der Waals surface area contributed by atoms with E-state index >= 15 is 0 Å². The van der Waals surface area contributed by atoms with E-state index in [-0.39, 0.29) is 5.78 Å². The number of rotatable bonds is 6. The summed E-state index contributed by atoms with van der Waals surface area (Å²) in [6.45, 7) is 3.77. The highest BCUT2D eigenvalue weighted by molar-refractivity contribution is 6.10. The first-order valence-electron chi connectivity index (χ1n) is 8.19. The molecule has 0 radical (unpaired) electrons. The van der Waals surface area contributed by atoms with E-state index in [1.165, 1.54) is 5.56 Å². The zero-order chi connectivity index (χ0) is 17.6. The van der Waals surface area contributed by atoms with Crippen molar-refractivity contribution < 1.29 is 9.53 Å². The molecule has 3 aromatic carbocycles. The zero-order valence-corrected chi connectivity index (χ0v) is 14.2. The lowest BCUT2D eigenvalue weighted by atomic mass is 9.94. The molecule has 124 valence electrons. The molecule has 0 fully saturated rings. The fourth-order valence-electron chi connectivity index (χ4n) is 2.79. The Morgan fingerprint density at radius 3 is 2.28 bits per heavy atom. The minimum Gasteiger partial charge on any atom is -0.497 e. The van der Waals surface area contributed by atoms with Crippen LogP contribution in [-0.2, 0) is 6.42 Å². The summed E-state index contributed by atoms with van der Waals surface area (Å²) >= 11 is 0. The van der Waals surface area contributed by atoms with Gasteiger partial charge in [0.2, 0.25) is 0 Å². The van der Waals surface area contributed by atoms with E-state index in [2.05, 4.69) is 18.7 Å². The van der Waals surface area contributed by atoms with Gasteiger partial charge in [0.05, 0.1) is 7.11 Å². The molecular weight excluding hydrogens is 308 g/mol. The van der Waals surface area contributed by atoms with Gasteiger partial charge in [-0.15, -0.1) is 0 Å². The number of carbonyl (C=O) groups is 1. The molecule has 2 nitrogen and oxygen atoms in total. The Morgan fingerprint density at radius 2 is 1.64 bits per heavy atom. The molecule has 3 rings (SSSR count). The van der Waals surface area contributed by atoms with Crippen molar-refractivity contribution in [3.8, 4) is 5.75 Å². The quantitative estimate of drug-likeness (QED) is 0.584. The van der Waals surface area contributed by atoms with Crippen LogP contribution in [0.5, 0.6) is 5.75 Å². The minimum atomic E-state index is 0.0287. The smallest absolute Gasteiger partial charge is 0.193 e. The van der Waals surface area contributed by atoms with Crippen molar-refractivity contribution in [1.29, 1.82) is 0 Å². The second-order valence-electron chi connectivity index (χ2n) is 5.84. The normalized spacial score (nSPS) is 10.3. The Kier molecular flexibility index (Phi) is 5.10. The predicted molar refractivity (Wildman–Crippen MR) is 102 cm³/mol. The number of ketones is 1. The van der Waals surface area contributed by atoms with Gasteiger partial charge in [0.25, 0.3) is 0 Å². The van der Waals surface area contributed by atoms with E-state index in [0.29, 0.717) is 5.56 Å². The number of hydrogen-bond donors (Lipinski definition) is 0. The maximum absolute atomic E-state index is 12.9. The van der Waals surface area contributed by atoms with Gasteiger partial charge in [-0.2, -0.15) is 0 Å². The molecule has 0 aliphatic carbocycles. The molecule has 25 heavy (non-hydrogen) atoms. The van der Waals surface area contributed by atoms with Gasteiger partial charge in [-0.05, 0) is 47.4 Å². The Bertz CT molecular complexity index is 875. The van der Waals surface area contributed by atoms with E-state index in [9.17, 15) is 4.79 Å². The lowest BCUT2D eigenvalue weighted by molar-refractivity contribution is 0.103. The highest BCUT2D eigenvalue weighted by Crippen LogP contribution is 2.20. The van der Waals surface area contributed by atoms with Crippen LogP contribution in [0.15, 0.2) is 79.4 Å². The summed E-state index contributed by atoms with van der Waals surface area (Å²) in [7, 11) is 1.61. The Morgan fingerprint density at radius 1 is 0.960 bits per heavy atom. The Labute approximate surface area is 148 Å². The summed E-state index contributed by atoms with van der Waals surface area (Å²) < 4.78 is 5.16. The van der Waals surface area contributed by atoms with E-state index in [4.69, 9.17) is 4.74 Å². The number of methoxy groups -OCH3 is 1. The second-order valence-corrected chi connectivity index (χ2v) is 5.84. The van der Waals surface area contributed by atoms with Gasteiger partial charge in [-0.25, -0.2) is 0 Å². The third kappa shape index (κ3) is 3.86. The molecule has 0 spiro atoms. The molecule has 0 unspecified atom stereocenters. The first-order valence-corrected chi connectivity index (χ1v) is 8.19. The molecule has 0 aliphatic rings. The van der Waals surface area contributed by atoms with E-state index in [1.54, 1.807) is 19.2 Å². The fourth-order valence-corrected chi connectivity index (χ4v) is 2.79. The van der Waals surface area contributed by atoms with E-state index in [0.717, 1.165) is 28.9 Å². The minimum absolute atomic E-state index is 0.0287. The van der Waals surface area contributed by atoms with Gasteiger partial charge in [0.1, 0.15) is 5.75 Å². The van der Waals surface area contributed by atoms with Crippen molar-refractivity contribution in [3.63, 3.8) is 0 Å². The first kappa shape index (κ1) is 16.7. The second kappa shape index (κ2) is 7.63. The number of benzene rings is 3.